The van der Waals surface area contributed by atoms with E-state index in [1.807, 2.05) is 47.8 Å². The molecule has 7 heteroatoms. The standard InChI is InChI=1S/C16H17N3O2S2/c20-15(21)9-8-13(14-7-4-10-23-14)18-19-16(22)17-11-12-5-2-1-3-6-12/h1-7,10H,8-9,11H2,(H,20,21)(H2,17,19,22)/b18-13-. The molecule has 2 aromatic rings. The summed E-state index contributed by atoms with van der Waals surface area (Å²) in [6, 6.07) is 13.7. The minimum Gasteiger partial charge on any atom is -0.481 e. The van der Waals surface area contributed by atoms with Gasteiger partial charge in [-0.25, -0.2) is 0 Å². The van der Waals surface area contributed by atoms with Crippen molar-refractivity contribution in [1.29, 1.82) is 0 Å². The Bertz CT molecular complexity index is 670. The second-order valence-electron chi connectivity index (χ2n) is 4.71. The van der Waals surface area contributed by atoms with Gasteiger partial charge in [0.1, 0.15) is 0 Å². The molecule has 0 saturated carbocycles. The van der Waals surface area contributed by atoms with E-state index in [9.17, 15) is 4.79 Å². The van der Waals surface area contributed by atoms with Crippen LogP contribution in [-0.4, -0.2) is 21.9 Å². The number of carbonyl (C=O) groups is 1. The van der Waals surface area contributed by atoms with Gasteiger partial charge in [0, 0.05) is 13.0 Å². The van der Waals surface area contributed by atoms with Crippen LogP contribution in [0.3, 0.4) is 0 Å². The average molecular weight is 347 g/mol. The summed E-state index contributed by atoms with van der Waals surface area (Å²) in [5, 5.41) is 18.5. The summed E-state index contributed by atoms with van der Waals surface area (Å²) in [6.45, 7) is 0.603. The number of rotatable bonds is 7. The number of benzene rings is 1. The van der Waals surface area contributed by atoms with Gasteiger partial charge in [-0.15, -0.1) is 11.3 Å². The molecule has 0 spiro atoms. The highest BCUT2D eigenvalue weighted by atomic mass is 32.1. The maximum atomic E-state index is 10.8. The number of carboxylic acids is 1. The van der Waals surface area contributed by atoms with E-state index in [1.165, 1.54) is 11.3 Å². The number of hydrogen-bond donors (Lipinski definition) is 3. The summed E-state index contributed by atoms with van der Waals surface area (Å²) < 4.78 is 0. The Morgan fingerprint density at radius 3 is 2.61 bits per heavy atom. The van der Waals surface area contributed by atoms with Gasteiger partial charge in [0.2, 0.25) is 0 Å². The monoisotopic (exact) mass is 347 g/mol. The van der Waals surface area contributed by atoms with Crippen LogP contribution in [0.25, 0.3) is 0 Å². The van der Waals surface area contributed by atoms with Gasteiger partial charge in [-0.1, -0.05) is 36.4 Å². The molecule has 2 rings (SSSR count). The van der Waals surface area contributed by atoms with Crippen molar-refractivity contribution in [2.45, 2.75) is 19.4 Å². The Morgan fingerprint density at radius 1 is 1.17 bits per heavy atom. The Hall–Kier alpha value is -2.25. The molecule has 1 heterocycles. The van der Waals surface area contributed by atoms with Crippen molar-refractivity contribution in [3.05, 3.63) is 58.3 Å². The highest BCUT2D eigenvalue weighted by Gasteiger charge is 2.08. The average Bonchev–Trinajstić information content (AvgIpc) is 3.08. The number of nitrogens with one attached hydrogen (secondary N) is 2. The quantitative estimate of drug-likeness (QED) is 0.408. The summed E-state index contributed by atoms with van der Waals surface area (Å²) in [7, 11) is 0. The molecular weight excluding hydrogens is 330 g/mol. The molecule has 0 radical (unpaired) electrons. The number of thiocarbonyl (C=S) groups is 1. The molecule has 0 aliphatic heterocycles. The molecule has 0 saturated heterocycles. The van der Waals surface area contributed by atoms with E-state index < -0.39 is 5.97 Å². The van der Waals surface area contributed by atoms with Crippen molar-refractivity contribution in [3.8, 4) is 0 Å². The summed E-state index contributed by atoms with van der Waals surface area (Å²) in [5.74, 6) is -0.848. The molecule has 5 nitrogen and oxygen atoms in total. The van der Waals surface area contributed by atoms with E-state index in [0.29, 0.717) is 23.8 Å². The lowest BCUT2D eigenvalue weighted by molar-refractivity contribution is -0.136. The highest BCUT2D eigenvalue weighted by Crippen LogP contribution is 2.13. The lowest BCUT2D eigenvalue weighted by Gasteiger charge is -2.09. The van der Waals surface area contributed by atoms with Crippen LogP contribution in [-0.2, 0) is 11.3 Å². The lowest BCUT2D eigenvalue weighted by atomic mass is 10.2. The summed E-state index contributed by atoms with van der Waals surface area (Å²) >= 11 is 6.71. The predicted molar refractivity (Wildman–Crippen MR) is 96.7 cm³/mol. The van der Waals surface area contributed by atoms with Gasteiger partial charge in [0.15, 0.2) is 5.11 Å². The van der Waals surface area contributed by atoms with Crippen molar-refractivity contribution < 1.29 is 9.90 Å². The van der Waals surface area contributed by atoms with Crippen molar-refractivity contribution in [1.82, 2.24) is 10.7 Å². The zero-order valence-electron chi connectivity index (χ0n) is 12.4. The smallest absolute Gasteiger partial charge is 0.303 e. The van der Waals surface area contributed by atoms with Crippen LogP contribution in [0.5, 0.6) is 0 Å². The molecule has 3 N–H and O–H groups in total. The minimum absolute atomic E-state index is 0.0304. The molecule has 0 aliphatic carbocycles. The van der Waals surface area contributed by atoms with Crippen molar-refractivity contribution in [3.63, 3.8) is 0 Å². The first-order chi connectivity index (χ1) is 11.1. The zero-order chi connectivity index (χ0) is 16.5. The fourth-order valence-corrected chi connectivity index (χ4v) is 2.70. The van der Waals surface area contributed by atoms with Gasteiger partial charge >= 0.3 is 5.97 Å². The van der Waals surface area contributed by atoms with Gasteiger partial charge in [-0.3, -0.25) is 10.2 Å². The summed E-state index contributed by atoms with van der Waals surface area (Å²) in [4.78, 5) is 11.7. The summed E-state index contributed by atoms with van der Waals surface area (Å²) in [5.41, 5.74) is 4.59. The molecular formula is C16H17N3O2S2. The van der Waals surface area contributed by atoms with Crippen LogP contribution in [0.2, 0.25) is 0 Å². The molecule has 120 valence electrons. The van der Waals surface area contributed by atoms with E-state index in [4.69, 9.17) is 17.3 Å². The normalized spacial score (nSPS) is 11.0. The number of thiophene rings is 1. The number of nitrogens with zero attached hydrogens (tertiary/aromatic N) is 1. The number of aliphatic carboxylic acids is 1. The molecule has 1 aromatic carbocycles. The van der Waals surface area contributed by atoms with Crippen molar-refractivity contribution in [2.24, 2.45) is 5.10 Å². The minimum atomic E-state index is -0.848. The highest BCUT2D eigenvalue weighted by molar-refractivity contribution is 7.80. The maximum Gasteiger partial charge on any atom is 0.303 e. The number of hydrazone groups is 1. The third-order valence-corrected chi connectivity index (χ3v) is 4.12. The van der Waals surface area contributed by atoms with Crippen LogP contribution in [0.1, 0.15) is 23.3 Å². The molecule has 0 unspecified atom stereocenters. The van der Waals surface area contributed by atoms with Crippen LogP contribution >= 0.6 is 23.6 Å². The third-order valence-electron chi connectivity index (χ3n) is 2.97. The Balaban J connectivity index is 1.91. The first-order valence-electron chi connectivity index (χ1n) is 7.05. The molecule has 0 aliphatic rings. The van der Waals surface area contributed by atoms with E-state index in [-0.39, 0.29) is 6.42 Å². The molecule has 0 bridgehead atoms. The Morgan fingerprint density at radius 2 is 1.96 bits per heavy atom. The van der Waals surface area contributed by atoms with Gasteiger partial charge in [0.25, 0.3) is 0 Å². The number of hydrogen-bond acceptors (Lipinski definition) is 4. The molecule has 1 aromatic heterocycles. The van der Waals surface area contributed by atoms with Crippen molar-refractivity contribution >= 4 is 40.3 Å². The largest absolute Gasteiger partial charge is 0.481 e. The van der Waals surface area contributed by atoms with Crippen LogP contribution in [0.15, 0.2) is 52.9 Å². The molecule has 0 amide bonds. The topological polar surface area (TPSA) is 73.7 Å². The molecule has 0 fully saturated rings. The fourth-order valence-electron chi connectivity index (χ4n) is 1.84. The van der Waals surface area contributed by atoms with Crippen molar-refractivity contribution in [2.75, 3.05) is 0 Å². The Labute approximate surface area is 144 Å². The van der Waals surface area contributed by atoms with Gasteiger partial charge in [0.05, 0.1) is 17.0 Å². The summed E-state index contributed by atoms with van der Waals surface area (Å²) in [6.07, 6.45) is 0.382. The fraction of sp³-hybridized carbons (Fsp3) is 0.188. The predicted octanol–water partition coefficient (Wildman–Crippen LogP) is 2.98. The first-order valence-corrected chi connectivity index (χ1v) is 8.34. The second-order valence-corrected chi connectivity index (χ2v) is 6.07. The lowest BCUT2D eigenvalue weighted by Crippen LogP contribution is -2.32. The maximum absolute atomic E-state index is 10.8. The number of carboxylic acid groups (broad SMARTS) is 1. The molecule has 23 heavy (non-hydrogen) atoms. The van der Waals surface area contributed by atoms with Crippen LogP contribution in [0, 0.1) is 0 Å². The third kappa shape index (κ3) is 6.17. The molecule has 0 atom stereocenters. The van der Waals surface area contributed by atoms with E-state index in [0.717, 1.165) is 10.4 Å². The van der Waals surface area contributed by atoms with Crippen LogP contribution in [0.4, 0.5) is 0 Å². The second kappa shape index (κ2) is 9.02. The Kier molecular flexibility index (Phi) is 6.71. The zero-order valence-corrected chi connectivity index (χ0v) is 14.0. The SMILES string of the molecule is O=C(O)CC/C(=N/NC(=S)NCc1ccccc1)c1cccs1. The van der Waals surface area contributed by atoms with E-state index in [1.54, 1.807) is 0 Å². The van der Waals surface area contributed by atoms with Crippen LogP contribution < -0.4 is 10.7 Å². The van der Waals surface area contributed by atoms with E-state index >= 15 is 0 Å². The van der Waals surface area contributed by atoms with Gasteiger partial charge in [-0.05, 0) is 29.2 Å². The van der Waals surface area contributed by atoms with E-state index in [2.05, 4.69) is 15.8 Å². The van der Waals surface area contributed by atoms with Gasteiger partial charge < -0.3 is 10.4 Å². The van der Waals surface area contributed by atoms with Gasteiger partial charge in [-0.2, -0.15) is 5.10 Å². The first kappa shape index (κ1) is 17.1.